The average molecular weight is 404 g/mol. The SMILES string of the molecule is CC(C)(C)OC(=O)N1CCN(C(=O)CC[C@H]2CCCOC2)[C@@H](c2cccnc2)C1. The van der Waals surface area contributed by atoms with Gasteiger partial charge in [0.2, 0.25) is 5.91 Å². The summed E-state index contributed by atoms with van der Waals surface area (Å²) in [5.74, 6) is 0.598. The number of carbonyl (C=O) groups excluding carboxylic acids is 2. The van der Waals surface area contributed by atoms with Gasteiger partial charge in [0.05, 0.1) is 6.04 Å². The fourth-order valence-corrected chi connectivity index (χ4v) is 3.94. The van der Waals surface area contributed by atoms with Crippen LogP contribution in [0.5, 0.6) is 0 Å². The number of hydrogen-bond donors (Lipinski definition) is 0. The maximum Gasteiger partial charge on any atom is 0.410 e. The number of rotatable bonds is 4. The van der Waals surface area contributed by atoms with Crippen LogP contribution < -0.4 is 0 Å². The van der Waals surface area contributed by atoms with Crippen molar-refractivity contribution in [2.75, 3.05) is 32.8 Å². The first-order chi connectivity index (χ1) is 13.8. The molecule has 3 heterocycles. The first-order valence-electron chi connectivity index (χ1n) is 10.6. The Labute approximate surface area is 173 Å². The van der Waals surface area contributed by atoms with Crippen LogP contribution in [0.15, 0.2) is 24.5 Å². The van der Waals surface area contributed by atoms with Crippen LogP contribution in [0.2, 0.25) is 0 Å². The van der Waals surface area contributed by atoms with Crippen LogP contribution in [0.25, 0.3) is 0 Å². The van der Waals surface area contributed by atoms with E-state index in [1.807, 2.05) is 37.8 Å². The van der Waals surface area contributed by atoms with Gasteiger partial charge >= 0.3 is 6.09 Å². The molecule has 0 unspecified atom stereocenters. The van der Waals surface area contributed by atoms with Gasteiger partial charge in [0.15, 0.2) is 0 Å². The lowest BCUT2D eigenvalue weighted by Crippen LogP contribution is -2.53. The highest BCUT2D eigenvalue weighted by Crippen LogP contribution is 2.28. The maximum absolute atomic E-state index is 13.1. The predicted octanol–water partition coefficient (Wildman–Crippen LogP) is 3.41. The summed E-state index contributed by atoms with van der Waals surface area (Å²) in [6, 6.07) is 3.62. The summed E-state index contributed by atoms with van der Waals surface area (Å²) < 4.78 is 11.1. The smallest absolute Gasteiger partial charge is 0.410 e. The second kappa shape index (κ2) is 9.57. The van der Waals surface area contributed by atoms with Gasteiger partial charge < -0.3 is 19.3 Å². The highest BCUT2D eigenvalue weighted by atomic mass is 16.6. The van der Waals surface area contributed by atoms with E-state index in [0.29, 0.717) is 32.0 Å². The molecule has 2 atom stereocenters. The molecule has 1 aromatic heterocycles. The van der Waals surface area contributed by atoms with Crippen LogP contribution in [-0.2, 0) is 14.3 Å². The molecule has 7 nitrogen and oxygen atoms in total. The van der Waals surface area contributed by atoms with Crippen LogP contribution >= 0.6 is 0 Å². The maximum atomic E-state index is 13.1. The zero-order chi connectivity index (χ0) is 20.9. The van der Waals surface area contributed by atoms with E-state index >= 15 is 0 Å². The lowest BCUT2D eigenvalue weighted by molar-refractivity contribution is -0.137. The van der Waals surface area contributed by atoms with Crippen LogP contribution in [0.4, 0.5) is 4.79 Å². The van der Waals surface area contributed by atoms with E-state index in [0.717, 1.165) is 38.0 Å². The van der Waals surface area contributed by atoms with Gasteiger partial charge in [-0.05, 0) is 57.6 Å². The Morgan fingerprint density at radius 2 is 2.14 bits per heavy atom. The first kappa shape index (κ1) is 21.6. The normalized spacial score (nSPS) is 23.0. The van der Waals surface area contributed by atoms with Gasteiger partial charge in [0.1, 0.15) is 5.60 Å². The summed E-state index contributed by atoms with van der Waals surface area (Å²) in [7, 11) is 0. The molecule has 160 valence electrons. The van der Waals surface area contributed by atoms with Crippen molar-refractivity contribution in [2.45, 2.75) is 58.1 Å². The predicted molar refractivity (Wildman–Crippen MR) is 109 cm³/mol. The zero-order valence-corrected chi connectivity index (χ0v) is 17.8. The van der Waals surface area contributed by atoms with Crippen molar-refractivity contribution in [3.63, 3.8) is 0 Å². The molecule has 2 fully saturated rings. The molecule has 1 aromatic rings. The number of amides is 2. The molecule has 0 saturated carbocycles. The third-order valence-electron chi connectivity index (χ3n) is 5.44. The Morgan fingerprint density at radius 1 is 1.31 bits per heavy atom. The highest BCUT2D eigenvalue weighted by molar-refractivity contribution is 5.77. The van der Waals surface area contributed by atoms with Crippen molar-refractivity contribution in [3.8, 4) is 0 Å². The van der Waals surface area contributed by atoms with Gasteiger partial charge in [0, 0.05) is 51.7 Å². The molecular weight excluding hydrogens is 370 g/mol. The van der Waals surface area contributed by atoms with E-state index < -0.39 is 5.60 Å². The molecule has 0 radical (unpaired) electrons. The summed E-state index contributed by atoms with van der Waals surface area (Å²) >= 11 is 0. The Bertz CT molecular complexity index is 683. The lowest BCUT2D eigenvalue weighted by Gasteiger charge is -2.42. The number of hydrogen-bond acceptors (Lipinski definition) is 5. The topological polar surface area (TPSA) is 72.0 Å². The Kier molecular flexibility index (Phi) is 7.11. The third kappa shape index (κ3) is 6.16. The van der Waals surface area contributed by atoms with Crippen molar-refractivity contribution < 1.29 is 19.1 Å². The Morgan fingerprint density at radius 3 is 2.79 bits per heavy atom. The summed E-state index contributed by atoms with van der Waals surface area (Å²) in [5.41, 5.74) is 0.394. The molecule has 2 amide bonds. The Hall–Kier alpha value is -2.15. The van der Waals surface area contributed by atoms with E-state index in [1.54, 1.807) is 17.3 Å². The fraction of sp³-hybridized carbons (Fsp3) is 0.682. The molecule has 0 bridgehead atoms. The summed E-state index contributed by atoms with van der Waals surface area (Å²) in [6.07, 6.45) is 6.73. The quantitative estimate of drug-likeness (QED) is 0.770. The van der Waals surface area contributed by atoms with Crippen LogP contribution in [0.1, 0.15) is 58.1 Å². The molecule has 0 N–H and O–H groups in total. The van der Waals surface area contributed by atoms with Gasteiger partial charge in [-0.25, -0.2) is 4.79 Å². The lowest BCUT2D eigenvalue weighted by atomic mass is 9.96. The van der Waals surface area contributed by atoms with Crippen molar-refractivity contribution in [2.24, 2.45) is 5.92 Å². The zero-order valence-electron chi connectivity index (χ0n) is 17.8. The Balaban J connectivity index is 1.67. The molecule has 0 spiro atoms. The van der Waals surface area contributed by atoms with E-state index in [1.165, 1.54) is 0 Å². The second-order valence-electron chi connectivity index (χ2n) is 8.94. The number of carbonyl (C=O) groups is 2. The summed E-state index contributed by atoms with van der Waals surface area (Å²) in [5, 5.41) is 0. The standard InChI is InChI=1S/C22H33N3O4/c1-22(2,3)29-21(27)24-11-12-25(19(15-24)18-7-4-10-23-14-18)20(26)9-8-17-6-5-13-28-16-17/h4,7,10,14,17,19H,5-6,8-9,11-13,15-16H2,1-3H3/t17-,19-/m1/s1. The highest BCUT2D eigenvalue weighted by Gasteiger charge is 2.35. The van der Waals surface area contributed by atoms with Gasteiger partial charge in [-0.15, -0.1) is 0 Å². The van der Waals surface area contributed by atoms with Crippen molar-refractivity contribution in [3.05, 3.63) is 30.1 Å². The molecule has 2 aliphatic rings. The first-order valence-corrected chi connectivity index (χ1v) is 10.6. The average Bonchev–Trinajstić information content (AvgIpc) is 2.72. The minimum atomic E-state index is -0.546. The van der Waals surface area contributed by atoms with E-state index in [9.17, 15) is 9.59 Å². The third-order valence-corrected chi connectivity index (χ3v) is 5.44. The van der Waals surface area contributed by atoms with Gasteiger partial charge in [0.25, 0.3) is 0 Å². The van der Waals surface area contributed by atoms with Crippen molar-refractivity contribution in [1.82, 2.24) is 14.8 Å². The molecule has 7 heteroatoms. The van der Waals surface area contributed by atoms with E-state index in [2.05, 4.69) is 4.98 Å². The van der Waals surface area contributed by atoms with Crippen molar-refractivity contribution in [1.29, 1.82) is 0 Å². The monoisotopic (exact) mass is 403 g/mol. The number of aromatic nitrogens is 1. The van der Waals surface area contributed by atoms with Gasteiger partial charge in [-0.2, -0.15) is 0 Å². The molecule has 29 heavy (non-hydrogen) atoms. The molecule has 2 saturated heterocycles. The van der Waals surface area contributed by atoms with Crippen LogP contribution in [0, 0.1) is 5.92 Å². The number of pyridine rings is 1. The molecule has 2 aliphatic heterocycles. The van der Waals surface area contributed by atoms with Crippen molar-refractivity contribution >= 4 is 12.0 Å². The molecular formula is C22H33N3O4. The van der Waals surface area contributed by atoms with Crippen LogP contribution in [-0.4, -0.2) is 65.2 Å². The van der Waals surface area contributed by atoms with E-state index in [-0.39, 0.29) is 18.0 Å². The molecule has 0 aromatic carbocycles. The minimum Gasteiger partial charge on any atom is -0.444 e. The van der Waals surface area contributed by atoms with Gasteiger partial charge in [-0.3, -0.25) is 9.78 Å². The number of piperazine rings is 1. The largest absolute Gasteiger partial charge is 0.444 e. The van der Waals surface area contributed by atoms with Gasteiger partial charge in [-0.1, -0.05) is 6.07 Å². The second-order valence-corrected chi connectivity index (χ2v) is 8.94. The number of ether oxygens (including phenoxy) is 2. The molecule has 0 aliphatic carbocycles. The van der Waals surface area contributed by atoms with E-state index in [4.69, 9.17) is 9.47 Å². The summed E-state index contributed by atoms with van der Waals surface area (Å²) in [4.78, 5) is 33.4. The molecule has 3 rings (SSSR count). The minimum absolute atomic E-state index is 0.133. The van der Waals surface area contributed by atoms with Crippen LogP contribution in [0.3, 0.4) is 0 Å². The summed E-state index contributed by atoms with van der Waals surface area (Å²) in [6.45, 7) is 8.56. The fourth-order valence-electron chi connectivity index (χ4n) is 3.94. The number of nitrogens with zero attached hydrogens (tertiary/aromatic N) is 3.